The van der Waals surface area contributed by atoms with Crippen molar-refractivity contribution in [2.24, 2.45) is 5.92 Å². The minimum absolute atomic E-state index is 0.106. The summed E-state index contributed by atoms with van der Waals surface area (Å²) in [5, 5.41) is 18.1. The van der Waals surface area contributed by atoms with Crippen molar-refractivity contribution < 1.29 is 19.4 Å². The number of amides is 1. The number of carboxylic acid groups (broad SMARTS) is 1. The van der Waals surface area contributed by atoms with E-state index < -0.39 is 0 Å². The Morgan fingerprint density at radius 2 is 1.97 bits per heavy atom. The van der Waals surface area contributed by atoms with Crippen molar-refractivity contribution in [3.63, 3.8) is 0 Å². The zero-order valence-electron chi connectivity index (χ0n) is 17.2. The molecular weight excluding hydrogens is 396 g/mol. The first-order valence-corrected chi connectivity index (χ1v) is 10.4. The first kappa shape index (κ1) is 20.9. The van der Waals surface area contributed by atoms with Gasteiger partial charge in [0.15, 0.2) is 5.69 Å². The fourth-order valence-electron chi connectivity index (χ4n) is 4.36. The summed E-state index contributed by atoms with van der Waals surface area (Å²) in [5.41, 5.74) is 2.39. The Bertz CT molecular complexity index is 1030. The molecule has 6 rings (SSSR count). The van der Waals surface area contributed by atoms with Crippen molar-refractivity contribution in [1.29, 1.82) is 0 Å². The quantitative estimate of drug-likeness (QED) is 0.546. The number of nitrogens with one attached hydrogen (secondary N) is 2. The monoisotopic (exact) mass is 422 g/mol. The maximum absolute atomic E-state index is 12.9. The van der Waals surface area contributed by atoms with E-state index >= 15 is 0 Å². The average Bonchev–Trinajstić information content (AvgIpc) is 3.23. The van der Waals surface area contributed by atoms with Gasteiger partial charge in [0.2, 0.25) is 0 Å². The van der Waals surface area contributed by atoms with Crippen molar-refractivity contribution in [2.75, 3.05) is 19.6 Å². The molecule has 2 aromatic carbocycles. The molecule has 8 nitrogen and oxygen atoms in total. The summed E-state index contributed by atoms with van der Waals surface area (Å²) in [6, 6.07) is 16.0. The largest absolute Gasteiger partial charge is 0.489 e. The third-order valence-electron chi connectivity index (χ3n) is 5.97. The van der Waals surface area contributed by atoms with Crippen LogP contribution in [0.3, 0.4) is 0 Å². The molecule has 0 unspecified atom stereocenters. The number of H-pyrrole nitrogens is 1. The van der Waals surface area contributed by atoms with Gasteiger partial charge >= 0.3 is 0 Å². The maximum Gasteiger partial charge on any atom is 0.290 e. The van der Waals surface area contributed by atoms with E-state index in [0.29, 0.717) is 18.2 Å². The first-order chi connectivity index (χ1) is 15.2. The molecule has 0 aliphatic carbocycles. The molecular formula is C23H26N4O4. The van der Waals surface area contributed by atoms with Crippen LogP contribution in [0.25, 0.3) is 10.9 Å². The fourth-order valence-corrected chi connectivity index (χ4v) is 4.36. The van der Waals surface area contributed by atoms with Crippen molar-refractivity contribution in [1.82, 2.24) is 20.4 Å². The van der Waals surface area contributed by atoms with Crippen LogP contribution >= 0.6 is 0 Å². The molecule has 3 N–H and O–H groups in total. The van der Waals surface area contributed by atoms with Gasteiger partial charge in [0.05, 0.1) is 5.52 Å². The van der Waals surface area contributed by atoms with Crippen LogP contribution in [-0.4, -0.2) is 58.3 Å². The number of aromatic amines is 1. The zero-order valence-corrected chi connectivity index (χ0v) is 17.2. The molecule has 0 spiro atoms. The molecule has 2 bridgehead atoms. The molecule has 3 aliphatic heterocycles. The topological polar surface area (TPSA) is 108 Å². The van der Waals surface area contributed by atoms with Gasteiger partial charge in [-0.05, 0) is 55.6 Å². The Balaban J connectivity index is 0.000000730. The Morgan fingerprint density at radius 3 is 2.65 bits per heavy atom. The van der Waals surface area contributed by atoms with Crippen LogP contribution in [0.2, 0.25) is 0 Å². The number of rotatable bonds is 5. The number of aromatic nitrogens is 2. The molecule has 3 saturated heterocycles. The molecule has 31 heavy (non-hydrogen) atoms. The van der Waals surface area contributed by atoms with Crippen LogP contribution in [0.4, 0.5) is 0 Å². The molecule has 3 fully saturated rings. The first-order valence-electron chi connectivity index (χ1n) is 10.4. The Hall–Kier alpha value is -3.39. The summed E-state index contributed by atoms with van der Waals surface area (Å²) in [4.78, 5) is 23.7. The lowest BCUT2D eigenvalue weighted by Gasteiger charge is -2.44. The summed E-state index contributed by atoms with van der Waals surface area (Å²) in [6.45, 7) is 3.50. The molecule has 1 atom stereocenters. The molecule has 0 radical (unpaired) electrons. The van der Waals surface area contributed by atoms with Gasteiger partial charge in [-0.3, -0.25) is 14.7 Å². The van der Waals surface area contributed by atoms with Gasteiger partial charge < -0.3 is 20.1 Å². The van der Waals surface area contributed by atoms with E-state index in [1.807, 2.05) is 48.5 Å². The lowest BCUT2D eigenvalue weighted by Crippen LogP contribution is -2.57. The molecule has 0 saturated carbocycles. The predicted octanol–water partition coefficient (Wildman–Crippen LogP) is 2.67. The predicted molar refractivity (Wildman–Crippen MR) is 116 cm³/mol. The third-order valence-corrected chi connectivity index (χ3v) is 5.97. The zero-order chi connectivity index (χ0) is 21.6. The van der Waals surface area contributed by atoms with E-state index in [4.69, 9.17) is 14.6 Å². The smallest absolute Gasteiger partial charge is 0.290 e. The maximum atomic E-state index is 12.9. The van der Waals surface area contributed by atoms with Crippen molar-refractivity contribution in [3.8, 4) is 5.75 Å². The summed E-state index contributed by atoms with van der Waals surface area (Å²) in [6.07, 6.45) is 2.34. The van der Waals surface area contributed by atoms with Crippen LogP contribution in [-0.2, 0) is 11.4 Å². The van der Waals surface area contributed by atoms with Gasteiger partial charge in [0, 0.05) is 18.0 Å². The second kappa shape index (κ2) is 9.61. The molecule has 3 aliphatic rings. The van der Waals surface area contributed by atoms with Crippen LogP contribution in [0.5, 0.6) is 5.75 Å². The highest BCUT2D eigenvalue weighted by Gasteiger charge is 2.35. The highest BCUT2D eigenvalue weighted by Crippen LogP contribution is 2.28. The van der Waals surface area contributed by atoms with Crippen molar-refractivity contribution in [3.05, 3.63) is 59.8 Å². The van der Waals surface area contributed by atoms with Gasteiger partial charge in [0.25, 0.3) is 12.4 Å². The molecule has 162 valence electrons. The minimum atomic E-state index is -0.250. The van der Waals surface area contributed by atoms with Gasteiger partial charge in [-0.25, -0.2) is 0 Å². The minimum Gasteiger partial charge on any atom is -0.489 e. The Morgan fingerprint density at radius 1 is 1.23 bits per heavy atom. The molecule has 8 heteroatoms. The highest BCUT2D eigenvalue weighted by atomic mass is 16.5. The van der Waals surface area contributed by atoms with E-state index in [1.54, 1.807) is 0 Å². The highest BCUT2D eigenvalue weighted by molar-refractivity contribution is 6.05. The summed E-state index contributed by atoms with van der Waals surface area (Å²) >= 11 is 0. The van der Waals surface area contributed by atoms with Crippen LogP contribution in [0.15, 0.2) is 48.5 Å². The van der Waals surface area contributed by atoms with Crippen molar-refractivity contribution >= 4 is 23.3 Å². The summed E-state index contributed by atoms with van der Waals surface area (Å²) in [7, 11) is 0. The third kappa shape index (κ3) is 4.86. The SMILES string of the molecule is O=C(N[C@@H]1CN2CCC1CC2)c1n[nH]c2ccc(OCc3ccccc3)cc12.O=CO. The normalized spacial score (nSPS) is 21.7. The van der Waals surface area contributed by atoms with E-state index in [1.165, 1.54) is 12.8 Å². The van der Waals surface area contributed by atoms with E-state index in [-0.39, 0.29) is 18.4 Å². The number of ether oxygens (including phenoxy) is 1. The Kier molecular flexibility index (Phi) is 6.47. The lowest BCUT2D eigenvalue weighted by molar-refractivity contribution is -0.122. The van der Waals surface area contributed by atoms with E-state index in [9.17, 15) is 4.79 Å². The second-order valence-electron chi connectivity index (χ2n) is 7.88. The lowest BCUT2D eigenvalue weighted by atomic mass is 9.84. The van der Waals surface area contributed by atoms with E-state index in [0.717, 1.165) is 41.9 Å². The van der Waals surface area contributed by atoms with Gasteiger partial charge in [0.1, 0.15) is 12.4 Å². The molecule has 3 aromatic rings. The number of nitrogens with zero attached hydrogens (tertiary/aromatic N) is 2. The van der Waals surface area contributed by atoms with E-state index in [2.05, 4.69) is 20.4 Å². The number of fused-ring (bicyclic) bond motifs is 4. The number of hydrogen-bond donors (Lipinski definition) is 3. The van der Waals surface area contributed by atoms with Crippen molar-refractivity contribution in [2.45, 2.75) is 25.5 Å². The van der Waals surface area contributed by atoms with Gasteiger partial charge in [-0.15, -0.1) is 0 Å². The average molecular weight is 422 g/mol. The second-order valence-corrected chi connectivity index (χ2v) is 7.88. The number of carbonyl (C=O) groups is 2. The van der Waals surface area contributed by atoms with Crippen LogP contribution in [0.1, 0.15) is 28.9 Å². The van der Waals surface area contributed by atoms with Crippen LogP contribution in [0, 0.1) is 5.92 Å². The van der Waals surface area contributed by atoms with Crippen LogP contribution < -0.4 is 10.1 Å². The summed E-state index contributed by atoms with van der Waals surface area (Å²) < 4.78 is 5.91. The van der Waals surface area contributed by atoms with Gasteiger partial charge in [-0.1, -0.05) is 30.3 Å². The fraction of sp³-hybridized carbons (Fsp3) is 0.348. The standard InChI is InChI=1S/C22H24N4O2.CH2O2/c27-22(23-20-13-26-10-8-16(20)9-11-26)21-18-12-17(6-7-19(18)24-25-21)28-14-15-4-2-1-3-5-15;2-1-3/h1-7,12,16,20H,8-11,13-14H2,(H,23,27)(H,24,25);1H,(H,2,3)/t20-;/m1./s1. The number of hydrogen-bond acceptors (Lipinski definition) is 5. The molecule has 1 aromatic heterocycles. The number of carbonyl (C=O) groups excluding carboxylic acids is 1. The molecule has 1 amide bonds. The number of piperidine rings is 3. The molecule has 4 heterocycles. The number of benzene rings is 2. The van der Waals surface area contributed by atoms with Gasteiger partial charge in [-0.2, -0.15) is 5.10 Å². The summed E-state index contributed by atoms with van der Waals surface area (Å²) in [5.74, 6) is 1.21. The Labute approximate surface area is 180 Å².